The lowest BCUT2D eigenvalue weighted by Gasteiger charge is -2.13. The summed E-state index contributed by atoms with van der Waals surface area (Å²) in [5.74, 6) is -0.674. The molecule has 1 unspecified atom stereocenters. The number of hydrogen-bond acceptors (Lipinski definition) is 6. The Kier molecular flexibility index (Phi) is 6.04. The number of nitrogens with zero attached hydrogens (tertiary/aromatic N) is 1. The number of methoxy groups -OCH3 is 1. The van der Waals surface area contributed by atoms with Crippen LogP contribution in [0.2, 0.25) is 0 Å². The summed E-state index contributed by atoms with van der Waals surface area (Å²) in [6.07, 6.45) is 0.196. The van der Waals surface area contributed by atoms with Gasteiger partial charge in [0, 0.05) is 17.7 Å². The van der Waals surface area contributed by atoms with Crippen molar-refractivity contribution >= 4 is 11.9 Å². The average Bonchev–Trinajstić information content (AvgIpc) is 2.42. The highest BCUT2D eigenvalue weighted by Gasteiger charge is 2.20. The molecule has 0 bridgehead atoms. The number of aliphatic hydroxyl groups excluding tert-OH is 1. The fourth-order valence-corrected chi connectivity index (χ4v) is 1.87. The van der Waals surface area contributed by atoms with Gasteiger partial charge in [0.15, 0.2) is 6.04 Å². The van der Waals surface area contributed by atoms with Crippen LogP contribution in [0.15, 0.2) is 4.79 Å². The number of ether oxygens (including phenoxy) is 1. The van der Waals surface area contributed by atoms with Gasteiger partial charge >= 0.3 is 5.97 Å². The van der Waals surface area contributed by atoms with Crippen LogP contribution in [0.3, 0.4) is 0 Å². The molecule has 0 radical (unpaired) electrons. The van der Waals surface area contributed by atoms with Crippen molar-refractivity contribution < 1.29 is 19.4 Å². The lowest BCUT2D eigenvalue weighted by molar-refractivity contribution is -0.146. The topological polar surface area (TPSA) is 121 Å². The van der Waals surface area contributed by atoms with Crippen LogP contribution in [-0.2, 0) is 20.7 Å². The third-order valence-electron chi connectivity index (χ3n) is 2.95. The molecule has 1 heterocycles. The maximum absolute atomic E-state index is 11.8. The third kappa shape index (κ3) is 4.67. The van der Waals surface area contributed by atoms with Crippen molar-refractivity contribution in [2.75, 3.05) is 13.7 Å². The largest absolute Gasteiger partial charge is 0.467 e. The number of esters is 1. The molecule has 1 amide bonds. The minimum atomic E-state index is -1.10. The first-order valence-corrected chi connectivity index (χ1v) is 6.43. The standard InChI is InChI=1S/C13H19N3O5/c1-7-9(12(19)15-8(2)14-7)4-5-11(18)16-10(6-17)13(20)21-3/h10,17H,4-6H2,1-3H3,(H,16,18)(H,14,15,19). The number of carbonyl (C=O) groups excluding carboxylic acids is 2. The molecule has 1 aromatic rings. The van der Waals surface area contributed by atoms with Gasteiger partial charge in [-0.05, 0) is 20.3 Å². The molecule has 0 aromatic carbocycles. The van der Waals surface area contributed by atoms with Crippen LogP contribution in [0.25, 0.3) is 0 Å². The number of aliphatic hydroxyl groups is 1. The fraction of sp³-hybridized carbons (Fsp3) is 0.538. The lowest BCUT2D eigenvalue weighted by Crippen LogP contribution is -2.44. The number of aryl methyl sites for hydroxylation is 2. The van der Waals surface area contributed by atoms with Gasteiger partial charge in [0.2, 0.25) is 5.91 Å². The van der Waals surface area contributed by atoms with E-state index in [-0.39, 0.29) is 18.4 Å². The maximum atomic E-state index is 11.8. The molecule has 1 atom stereocenters. The number of hydrogen-bond donors (Lipinski definition) is 3. The van der Waals surface area contributed by atoms with Crippen LogP contribution >= 0.6 is 0 Å². The van der Waals surface area contributed by atoms with Gasteiger partial charge in [-0.3, -0.25) is 9.59 Å². The summed E-state index contributed by atoms with van der Waals surface area (Å²) < 4.78 is 4.44. The molecule has 0 aliphatic rings. The smallest absolute Gasteiger partial charge is 0.330 e. The van der Waals surface area contributed by atoms with E-state index in [0.717, 1.165) is 7.11 Å². The van der Waals surface area contributed by atoms with Crippen molar-refractivity contribution in [2.45, 2.75) is 32.7 Å². The Balaban J connectivity index is 2.65. The molecule has 1 rings (SSSR count). The molecule has 0 saturated carbocycles. The molecule has 21 heavy (non-hydrogen) atoms. The number of carbonyl (C=O) groups is 2. The predicted molar refractivity (Wildman–Crippen MR) is 73.7 cm³/mol. The van der Waals surface area contributed by atoms with E-state index in [2.05, 4.69) is 20.0 Å². The molecule has 0 fully saturated rings. The quantitative estimate of drug-likeness (QED) is 0.577. The first-order chi connectivity index (χ1) is 9.88. The number of rotatable bonds is 6. The number of amides is 1. The van der Waals surface area contributed by atoms with E-state index in [1.54, 1.807) is 13.8 Å². The molecule has 0 saturated heterocycles. The predicted octanol–water partition coefficient (Wildman–Crippen LogP) is -1.03. The summed E-state index contributed by atoms with van der Waals surface area (Å²) in [5.41, 5.74) is 0.713. The van der Waals surface area contributed by atoms with Gasteiger partial charge in [-0.25, -0.2) is 9.78 Å². The van der Waals surface area contributed by atoms with Crippen LogP contribution in [-0.4, -0.2) is 46.7 Å². The Bertz CT molecular complexity index is 582. The minimum Gasteiger partial charge on any atom is -0.467 e. The summed E-state index contributed by atoms with van der Waals surface area (Å²) in [7, 11) is 1.16. The Morgan fingerprint density at radius 2 is 2.10 bits per heavy atom. The summed E-state index contributed by atoms with van der Waals surface area (Å²) >= 11 is 0. The Morgan fingerprint density at radius 1 is 1.43 bits per heavy atom. The van der Waals surface area contributed by atoms with Crippen LogP contribution in [0.5, 0.6) is 0 Å². The first-order valence-electron chi connectivity index (χ1n) is 6.43. The van der Waals surface area contributed by atoms with E-state index in [1.165, 1.54) is 0 Å². The highest BCUT2D eigenvalue weighted by Crippen LogP contribution is 2.03. The zero-order chi connectivity index (χ0) is 16.0. The van der Waals surface area contributed by atoms with Gasteiger partial charge in [0.05, 0.1) is 13.7 Å². The summed E-state index contributed by atoms with van der Waals surface area (Å²) in [4.78, 5) is 41.4. The molecule has 1 aromatic heterocycles. The number of nitrogens with one attached hydrogen (secondary N) is 2. The third-order valence-corrected chi connectivity index (χ3v) is 2.95. The van der Waals surface area contributed by atoms with Crippen LogP contribution in [0.4, 0.5) is 0 Å². The first kappa shape index (κ1) is 16.8. The van der Waals surface area contributed by atoms with E-state index in [4.69, 9.17) is 5.11 Å². The van der Waals surface area contributed by atoms with E-state index in [1.807, 2.05) is 0 Å². The fourth-order valence-electron chi connectivity index (χ4n) is 1.87. The zero-order valence-corrected chi connectivity index (χ0v) is 12.2. The second kappa shape index (κ2) is 7.53. The van der Waals surface area contributed by atoms with Gasteiger partial charge in [0.25, 0.3) is 5.56 Å². The SMILES string of the molecule is COC(=O)C(CO)NC(=O)CCc1c(C)nc(C)[nH]c1=O. The van der Waals surface area contributed by atoms with Crippen LogP contribution in [0, 0.1) is 13.8 Å². The van der Waals surface area contributed by atoms with Crippen LogP contribution in [0.1, 0.15) is 23.5 Å². The summed E-state index contributed by atoms with van der Waals surface area (Å²) in [6, 6.07) is -1.10. The number of aromatic amines is 1. The van der Waals surface area contributed by atoms with Gasteiger partial charge in [-0.2, -0.15) is 0 Å². The lowest BCUT2D eigenvalue weighted by atomic mass is 10.1. The Morgan fingerprint density at radius 3 is 2.62 bits per heavy atom. The second-order valence-electron chi connectivity index (χ2n) is 4.54. The van der Waals surface area contributed by atoms with Crippen molar-refractivity contribution in [1.82, 2.24) is 15.3 Å². The molecule has 8 nitrogen and oxygen atoms in total. The average molecular weight is 297 g/mol. The van der Waals surface area contributed by atoms with E-state index >= 15 is 0 Å². The molecule has 0 aliphatic carbocycles. The van der Waals surface area contributed by atoms with Gasteiger partial charge < -0.3 is 20.1 Å². The maximum Gasteiger partial charge on any atom is 0.330 e. The molecule has 0 spiro atoms. The van der Waals surface area contributed by atoms with E-state index in [9.17, 15) is 14.4 Å². The van der Waals surface area contributed by atoms with Gasteiger partial charge in [0.1, 0.15) is 5.82 Å². The summed E-state index contributed by atoms with van der Waals surface area (Å²) in [6.45, 7) is 2.82. The highest BCUT2D eigenvalue weighted by atomic mass is 16.5. The molecule has 116 valence electrons. The van der Waals surface area contributed by atoms with Gasteiger partial charge in [-0.15, -0.1) is 0 Å². The molecular formula is C13H19N3O5. The molecule has 8 heteroatoms. The molecule has 0 aliphatic heterocycles. The van der Waals surface area contributed by atoms with E-state index in [0.29, 0.717) is 17.1 Å². The second-order valence-corrected chi connectivity index (χ2v) is 4.54. The van der Waals surface area contributed by atoms with Crippen molar-refractivity contribution in [3.8, 4) is 0 Å². The summed E-state index contributed by atoms with van der Waals surface area (Å²) in [5, 5.41) is 11.3. The van der Waals surface area contributed by atoms with Crippen LogP contribution < -0.4 is 10.9 Å². The van der Waals surface area contributed by atoms with Crippen molar-refractivity contribution in [3.63, 3.8) is 0 Å². The Hall–Kier alpha value is -2.22. The monoisotopic (exact) mass is 297 g/mol. The van der Waals surface area contributed by atoms with Crippen molar-refractivity contribution in [3.05, 3.63) is 27.4 Å². The molecule has 3 N–H and O–H groups in total. The normalized spacial score (nSPS) is 11.8. The highest BCUT2D eigenvalue weighted by molar-refractivity contribution is 5.84. The van der Waals surface area contributed by atoms with E-state index < -0.39 is 24.5 Å². The zero-order valence-electron chi connectivity index (χ0n) is 12.2. The number of aromatic nitrogens is 2. The Labute approximate surface area is 121 Å². The van der Waals surface area contributed by atoms with Crippen molar-refractivity contribution in [2.24, 2.45) is 0 Å². The van der Waals surface area contributed by atoms with Crippen molar-refractivity contribution in [1.29, 1.82) is 0 Å². The van der Waals surface area contributed by atoms with Gasteiger partial charge in [-0.1, -0.05) is 0 Å². The minimum absolute atomic E-state index is 0.00214. The molecular weight excluding hydrogens is 278 g/mol. The number of H-pyrrole nitrogens is 1.